The first-order chi connectivity index (χ1) is 11.7. The molecule has 3 rings (SSSR count). The van der Waals surface area contributed by atoms with Gasteiger partial charge >= 0.3 is 0 Å². The number of aliphatic hydroxyl groups is 1. The minimum atomic E-state index is -0.511. The molecule has 1 fully saturated rings. The topological polar surface area (TPSA) is 38.0 Å². The Morgan fingerprint density at radius 3 is 2.75 bits per heavy atom. The van der Waals surface area contributed by atoms with Crippen LogP contribution in [0.4, 0.5) is 0 Å². The summed E-state index contributed by atoms with van der Waals surface area (Å²) in [6.45, 7) is 3.94. The monoisotopic (exact) mass is 344 g/mol. The molecule has 1 aliphatic rings. The molecule has 4 heteroatoms. The summed E-state index contributed by atoms with van der Waals surface area (Å²) < 4.78 is 2.00. The predicted molar refractivity (Wildman–Crippen MR) is 98.2 cm³/mol. The maximum atomic E-state index is 11.5. The number of aliphatic hydroxyl groups excluding tert-OH is 1. The molecule has 2 atom stereocenters. The van der Waals surface area contributed by atoms with Crippen molar-refractivity contribution in [1.29, 1.82) is 0 Å². The zero-order chi connectivity index (χ0) is 17.0. The minimum absolute atomic E-state index is 0.128. The van der Waals surface area contributed by atoms with Crippen LogP contribution in [0.15, 0.2) is 55.6 Å². The average molecular weight is 345 g/mol. The van der Waals surface area contributed by atoms with E-state index in [1.165, 1.54) is 6.42 Å². The molecule has 0 bridgehead atoms. The van der Waals surface area contributed by atoms with Gasteiger partial charge < -0.3 is 9.67 Å². The number of imidazole rings is 1. The fourth-order valence-electron chi connectivity index (χ4n) is 4.14. The van der Waals surface area contributed by atoms with Crippen molar-refractivity contribution in [3.63, 3.8) is 0 Å². The molecule has 3 nitrogen and oxygen atoms in total. The standard InChI is InChI=1S/C20H25ClN2O/c1-2-9-20(10-4-3-5-11-20)19(24)18(23-13-12-22-15-23)16-7-6-8-17(21)14-16/h2,6-8,12-15,18-19,24H,1,3-5,9-11H2. The number of benzene rings is 1. The van der Waals surface area contributed by atoms with Gasteiger partial charge in [-0.1, -0.05) is 49.1 Å². The summed E-state index contributed by atoms with van der Waals surface area (Å²) in [5, 5.41) is 12.2. The Bertz CT molecular complexity index is 662. The summed E-state index contributed by atoms with van der Waals surface area (Å²) >= 11 is 6.21. The Labute approximate surface area is 149 Å². The van der Waals surface area contributed by atoms with Crippen LogP contribution >= 0.6 is 11.6 Å². The second kappa shape index (κ2) is 7.54. The Morgan fingerprint density at radius 2 is 2.12 bits per heavy atom. The van der Waals surface area contributed by atoms with Crippen LogP contribution in [0.25, 0.3) is 0 Å². The maximum Gasteiger partial charge on any atom is 0.0952 e. The molecule has 0 amide bonds. The summed E-state index contributed by atoms with van der Waals surface area (Å²) in [6, 6.07) is 7.59. The van der Waals surface area contributed by atoms with E-state index >= 15 is 0 Å². The molecule has 1 N–H and O–H groups in total. The first-order valence-electron chi connectivity index (χ1n) is 8.68. The van der Waals surface area contributed by atoms with Crippen molar-refractivity contribution in [3.05, 3.63) is 66.2 Å². The van der Waals surface area contributed by atoms with Gasteiger partial charge in [0.05, 0.1) is 18.5 Å². The second-order valence-electron chi connectivity index (χ2n) is 6.87. The van der Waals surface area contributed by atoms with Crippen LogP contribution in [0.3, 0.4) is 0 Å². The SMILES string of the molecule is C=CCC1(C(O)C(c2cccc(Cl)c2)n2ccnc2)CCCCC1. The van der Waals surface area contributed by atoms with Crippen LogP contribution < -0.4 is 0 Å². The van der Waals surface area contributed by atoms with Crippen LogP contribution in [0.2, 0.25) is 5.02 Å². The molecule has 1 heterocycles. The third-order valence-electron chi connectivity index (χ3n) is 5.36. The largest absolute Gasteiger partial charge is 0.390 e. The van der Waals surface area contributed by atoms with E-state index in [4.69, 9.17) is 11.6 Å². The summed E-state index contributed by atoms with van der Waals surface area (Å²) in [6.07, 6.45) is 13.4. The number of halogens is 1. The Balaban J connectivity index is 2.02. The van der Waals surface area contributed by atoms with Gasteiger partial charge in [-0.2, -0.15) is 0 Å². The lowest BCUT2D eigenvalue weighted by molar-refractivity contribution is -0.0267. The van der Waals surface area contributed by atoms with Crippen molar-refractivity contribution in [3.8, 4) is 0 Å². The first kappa shape index (κ1) is 17.2. The van der Waals surface area contributed by atoms with Gasteiger partial charge in [0.2, 0.25) is 0 Å². The van der Waals surface area contributed by atoms with Gasteiger partial charge in [0.1, 0.15) is 0 Å². The molecular formula is C20H25ClN2O. The molecule has 1 aromatic heterocycles. The highest BCUT2D eigenvalue weighted by Crippen LogP contribution is 2.47. The first-order valence-corrected chi connectivity index (χ1v) is 9.06. The number of aromatic nitrogens is 2. The van der Waals surface area contributed by atoms with E-state index in [1.807, 2.05) is 41.1 Å². The molecule has 128 valence electrons. The summed E-state index contributed by atoms with van der Waals surface area (Å²) in [4.78, 5) is 4.19. The van der Waals surface area contributed by atoms with Crippen molar-refractivity contribution in [1.82, 2.24) is 9.55 Å². The molecule has 0 radical (unpaired) electrons. The van der Waals surface area contributed by atoms with Crippen LogP contribution in [0.5, 0.6) is 0 Å². The van der Waals surface area contributed by atoms with E-state index in [0.29, 0.717) is 5.02 Å². The molecule has 0 spiro atoms. The molecular weight excluding hydrogens is 320 g/mol. The highest BCUT2D eigenvalue weighted by Gasteiger charge is 2.43. The second-order valence-corrected chi connectivity index (χ2v) is 7.31. The van der Waals surface area contributed by atoms with Crippen molar-refractivity contribution >= 4 is 11.6 Å². The Kier molecular flexibility index (Phi) is 5.42. The van der Waals surface area contributed by atoms with Crippen LogP contribution in [0.1, 0.15) is 50.1 Å². The van der Waals surface area contributed by atoms with Crippen LogP contribution in [0, 0.1) is 5.41 Å². The third-order valence-corrected chi connectivity index (χ3v) is 5.60. The fourth-order valence-corrected chi connectivity index (χ4v) is 4.34. The lowest BCUT2D eigenvalue weighted by Gasteiger charge is -2.44. The van der Waals surface area contributed by atoms with Gasteiger partial charge in [0.15, 0.2) is 0 Å². The van der Waals surface area contributed by atoms with Gasteiger partial charge in [-0.05, 0) is 37.0 Å². The summed E-state index contributed by atoms with van der Waals surface area (Å²) in [5.74, 6) is 0. The number of nitrogens with zero attached hydrogens (tertiary/aromatic N) is 2. The normalized spacial score (nSPS) is 19.6. The quantitative estimate of drug-likeness (QED) is 0.748. The zero-order valence-electron chi connectivity index (χ0n) is 13.9. The molecule has 0 aliphatic heterocycles. The minimum Gasteiger partial charge on any atom is -0.390 e. The molecule has 2 aromatic rings. The molecule has 2 unspecified atom stereocenters. The van der Waals surface area contributed by atoms with E-state index in [1.54, 1.807) is 12.5 Å². The molecule has 1 aliphatic carbocycles. The fraction of sp³-hybridized carbons (Fsp3) is 0.450. The van der Waals surface area contributed by atoms with Gasteiger partial charge in [0, 0.05) is 22.8 Å². The third kappa shape index (κ3) is 3.42. The number of allylic oxidation sites excluding steroid dienone is 1. The van der Waals surface area contributed by atoms with Crippen molar-refractivity contribution in [2.75, 3.05) is 0 Å². The Hall–Kier alpha value is -1.58. The smallest absolute Gasteiger partial charge is 0.0952 e. The van der Waals surface area contributed by atoms with E-state index in [9.17, 15) is 5.11 Å². The number of rotatable bonds is 6. The van der Waals surface area contributed by atoms with Crippen molar-refractivity contribution in [2.45, 2.75) is 50.7 Å². The predicted octanol–water partition coefficient (Wildman–Crippen LogP) is 5.01. The van der Waals surface area contributed by atoms with Crippen LogP contribution in [-0.2, 0) is 0 Å². The lowest BCUT2D eigenvalue weighted by Crippen LogP contribution is -2.43. The summed E-state index contributed by atoms with van der Waals surface area (Å²) in [5.41, 5.74) is 0.888. The molecule has 0 saturated heterocycles. The molecule has 1 aromatic carbocycles. The molecule has 1 saturated carbocycles. The van der Waals surface area contributed by atoms with Gasteiger partial charge in [0.25, 0.3) is 0 Å². The maximum absolute atomic E-state index is 11.5. The highest BCUT2D eigenvalue weighted by atomic mass is 35.5. The highest BCUT2D eigenvalue weighted by molar-refractivity contribution is 6.30. The number of hydrogen-bond acceptors (Lipinski definition) is 2. The summed E-state index contributed by atoms with van der Waals surface area (Å²) in [7, 11) is 0. The van der Waals surface area contributed by atoms with Gasteiger partial charge in [-0.25, -0.2) is 4.98 Å². The number of hydrogen-bond donors (Lipinski definition) is 1. The van der Waals surface area contributed by atoms with E-state index < -0.39 is 6.10 Å². The van der Waals surface area contributed by atoms with Gasteiger partial charge in [-0.15, -0.1) is 6.58 Å². The Morgan fingerprint density at radius 1 is 1.33 bits per heavy atom. The average Bonchev–Trinajstić information content (AvgIpc) is 3.10. The van der Waals surface area contributed by atoms with Crippen molar-refractivity contribution < 1.29 is 5.11 Å². The van der Waals surface area contributed by atoms with Crippen molar-refractivity contribution in [2.24, 2.45) is 5.41 Å². The molecule has 24 heavy (non-hydrogen) atoms. The zero-order valence-corrected chi connectivity index (χ0v) is 14.7. The van der Waals surface area contributed by atoms with Gasteiger partial charge in [-0.3, -0.25) is 0 Å². The van der Waals surface area contributed by atoms with E-state index in [2.05, 4.69) is 11.6 Å². The van der Waals surface area contributed by atoms with E-state index in [0.717, 1.165) is 37.7 Å². The van der Waals surface area contributed by atoms with Crippen LogP contribution in [-0.4, -0.2) is 20.8 Å². The van der Waals surface area contributed by atoms with E-state index in [-0.39, 0.29) is 11.5 Å². The lowest BCUT2D eigenvalue weighted by atomic mass is 9.65.